The van der Waals surface area contributed by atoms with E-state index in [1.807, 2.05) is 86.0 Å². The second-order valence-electron chi connectivity index (χ2n) is 9.43. The lowest BCUT2D eigenvalue weighted by Gasteiger charge is -2.08. The van der Waals surface area contributed by atoms with Gasteiger partial charge in [0, 0.05) is 51.9 Å². The van der Waals surface area contributed by atoms with Gasteiger partial charge in [-0.3, -0.25) is 14.9 Å². The highest BCUT2D eigenvalue weighted by Gasteiger charge is 2.35. The first-order chi connectivity index (χ1) is 18.6. The molecule has 5 aromatic rings. The number of fused-ring (bicyclic) bond motifs is 2. The normalized spacial score (nSPS) is 13.6. The van der Waals surface area contributed by atoms with Crippen LogP contribution in [0, 0.1) is 0 Å². The molecule has 3 heterocycles. The molecule has 0 spiro atoms. The average molecular weight is 505 g/mol. The molecule has 0 aliphatic carbocycles. The summed E-state index contributed by atoms with van der Waals surface area (Å²) >= 11 is 0. The predicted molar refractivity (Wildman–Crippen MR) is 150 cm³/mol. The summed E-state index contributed by atoms with van der Waals surface area (Å²) in [4.78, 5) is 29.7. The van der Waals surface area contributed by atoms with Crippen LogP contribution in [0.15, 0.2) is 85.2 Å². The lowest BCUT2D eigenvalue weighted by atomic mass is 9.95. The zero-order valence-corrected chi connectivity index (χ0v) is 21.1. The lowest BCUT2D eigenvalue weighted by molar-refractivity contribution is -0.122. The van der Waals surface area contributed by atoms with Gasteiger partial charge in [0.25, 0.3) is 11.8 Å². The topological polar surface area (TPSA) is 88.2 Å². The van der Waals surface area contributed by atoms with E-state index in [9.17, 15) is 9.59 Å². The monoisotopic (exact) mass is 504 g/mol. The van der Waals surface area contributed by atoms with E-state index in [0.717, 1.165) is 52.4 Å². The lowest BCUT2D eigenvalue weighted by Crippen LogP contribution is -2.22. The van der Waals surface area contributed by atoms with Gasteiger partial charge in [-0.15, -0.1) is 0 Å². The Balaban J connectivity index is 1.49. The van der Waals surface area contributed by atoms with Crippen LogP contribution in [0.5, 0.6) is 5.75 Å². The Morgan fingerprint density at radius 1 is 0.868 bits per heavy atom. The predicted octanol–water partition coefficient (Wildman–Crippen LogP) is 4.88. The van der Waals surface area contributed by atoms with Gasteiger partial charge in [0.1, 0.15) is 12.4 Å². The van der Waals surface area contributed by atoms with Gasteiger partial charge in [-0.2, -0.15) is 0 Å². The Labute approximate surface area is 220 Å². The number of carbonyl (C=O) groups excluding carboxylic acids is 2. The van der Waals surface area contributed by atoms with Crippen LogP contribution in [0.1, 0.15) is 23.1 Å². The molecule has 38 heavy (non-hydrogen) atoms. The third-order valence-corrected chi connectivity index (χ3v) is 6.99. The van der Waals surface area contributed by atoms with Gasteiger partial charge in [-0.25, -0.2) is 0 Å². The molecule has 2 amide bonds. The first-order valence-electron chi connectivity index (χ1n) is 12.7. The van der Waals surface area contributed by atoms with Crippen LogP contribution < -0.4 is 15.4 Å². The van der Waals surface area contributed by atoms with Gasteiger partial charge in [-0.05, 0) is 49.8 Å². The number of benzene rings is 3. The van der Waals surface area contributed by atoms with E-state index in [1.165, 1.54) is 0 Å². The molecule has 7 heteroatoms. The molecule has 0 unspecified atom stereocenters. The van der Waals surface area contributed by atoms with Gasteiger partial charge >= 0.3 is 0 Å². The summed E-state index contributed by atoms with van der Waals surface area (Å²) < 4.78 is 8.27. The van der Waals surface area contributed by atoms with Crippen molar-refractivity contribution in [3.8, 4) is 5.75 Å². The Morgan fingerprint density at radius 3 is 2.45 bits per heavy atom. The first kappa shape index (κ1) is 23.8. The van der Waals surface area contributed by atoms with Gasteiger partial charge in [-0.1, -0.05) is 48.5 Å². The third kappa shape index (κ3) is 4.27. The Morgan fingerprint density at radius 2 is 1.63 bits per heavy atom. The molecule has 0 bridgehead atoms. The maximum atomic E-state index is 13.3. The maximum absolute atomic E-state index is 13.3. The molecule has 0 fully saturated rings. The zero-order valence-electron chi connectivity index (χ0n) is 21.1. The molecule has 7 nitrogen and oxygen atoms in total. The van der Waals surface area contributed by atoms with Crippen LogP contribution >= 0.6 is 0 Å². The number of amides is 2. The number of aromatic amines is 1. The fourth-order valence-electron chi connectivity index (χ4n) is 5.16. The van der Waals surface area contributed by atoms with E-state index in [1.54, 1.807) is 6.20 Å². The molecule has 0 atom stereocenters. The Hall–Kier alpha value is -4.62. The molecule has 2 aromatic heterocycles. The van der Waals surface area contributed by atoms with E-state index < -0.39 is 0 Å². The SMILES string of the molecule is CNCCCn1cc(C2=C(c3c[nH]c4ccccc34)C(=O)NC2=O)c2cc(OCc3ccccc3)ccc21. The highest BCUT2D eigenvalue weighted by Crippen LogP contribution is 2.39. The second kappa shape index (κ2) is 10.0. The highest BCUT2D eigenvalue weighted by molar-refractivity contribution is 6.50. The molecule has 3 aromatic carbocycles. The number of carbonyl (C=O) groups is 2. The number of H-pyrrole nitrogens is 1. The van der Waals surface area contributed by atoms with Crippen LogP contribution in [0.4, 0.5) is 0 Å². The number of rotatable bonds is 9. The molecule has 3 N–H and O–H groups in total. The smallest absolute Gasteiger partial charge is 0.259 e. The summed E-state index contributed by atoms with van der Waals surface area (Å²) in [6.07, 6.45) is 4.72. The van der Waals surface area contributed by atoms with Gasteiger partial charge in [0.05, 0.1) is 11.1 Å². The van der Waals surface area contributed by atoms with Crippen LogP contribution in [0.2, 0.25) is 0 Å². The van der Waals surface area contributed by atoms with Crippen molar-refractivity contribution >= 4 is 44.8 Å². The Kier molecular flexibility index (Phi) is 6.27. The number of ether oxygens (including phenoxy) is 1. The minimum absolute atomic E-state index is 0.386. The third-order valence-electron chi connectivity index (χ3n) is 6.99. The summed E-state index contributed by atoms with van der Waals surface area (Å²) in [6, 6.07) is 23.7. The van der Waals surface area contributed by atoms with Gasteiger partial charge < -0.3 is 19.6 Å². The average Bonchev–Trinajstić information content (AvgIpc) is 3.60. The Bertz CT molecular complexity index is 1690. The molecular formula is C31H28N4O3. The summed E-state index contributed by atoms with van der Waals surface area (Å²) in [7, 11) is 1.93. The fourth-order valence-corrected chi connectivity index (χ4v) is 5.16. The number of nitrogens with one attached hydrogen (secondary N) is 3. The number of imide groups is 1. The molecule has 1 aliphatic rings. The largest absolute Gasteiger partial charge is 0.489 e. The first-order valence-corrected chi connectivity index (χ1v) is 12.7. The van der Waals surface area contributed by atoms with Gasteiger partial charge in [0.2, 0.25) is 0 Å². The van der Waals surface area contributed by atoms with Crippen LogP contribution in [-0.4, -0.2) is 35.0 Å². The fraction of sp³-hybridized carbons (Fsp3) is 0.161. The number of hydrogen-bond donors (Lipinski definition) is 3. The number of para-hydroxylation sites is 1. The van der Waals surface area contributed by atoms with Crippen molar-refractivity contribution in [1.82, 2.24) is 20.2 Å². The van der Waals surface area contributed by atoms with Crippen LogP contribution in [0.3, 0.4) is 0 Å². The molecule has 1 aliphatic heterocycles. The van der Waals surface area contributed by atoms with Crippen molar-refractivity contribution in [3.63, 3.8) is 0 Å². The minimum Gasteiger partial charge on any atom is -0.489 e. The molecule has 0 radical (unpaired) electrons. The van der Waals surface area contributed by atoms with Crippen molar-refractivity contribution < 1.29 is 14.3 Å². The number of aromatic nitrogens is 2. The highest BCUT2D eigenvalue weighted by atomic mass is 16.5. The molecule has 190 valence electrons. The summed E-state index contributed by atoms with van der Waals surface area (Å²) in [5.41, 5.74) is 5.18. The van der Waals surface area contributed by atoms with Crippen molar-refractivity contribution in [2.75, 3.05) is 13.6 Å². The van der Waals surface area contributed by atoms with Gasteiger partial charge in [0.15, 0.2) is 0 Å². The standard InChI is InChI=1S/C31H28N4O3/c1-32-14-7-15-35-18-25(23-16-21(12-13-27(23)35)38-19-20-8-3-2-4-9-20)29-28(30(36)34-31(29)37)24-17-33-26-11-6-5-10-22(24)26/h2-6,8-13,16-18,32-33H,7,14-15,19H2,1H3,(H,34,36,37). The maximum Gasteiger partial charge on any atom is 0.259 e. The number of nitrogens with zero attached hydrogens (tertiary/aromatic N) is 1. The van der Waals surface area contributed by atoms with E-state index >= 15 is 0 Å². The van der Waals surface area contributed by atoms with E-state index in [-0.39, 0.29) is 11.8 Å². The second-order valence-corrected chi connectivity index (χ2v) is 9.43. The van der Waals surface area contributed by atoms with E-state index in [2.05, 4.69) is 20.2 Å². The van der Waals surface area contributed by atoms with Crippen molar-refractivity contribution in [3.05, 3.63) is 102 Å². The van der Waals surface area contributed by atoms with E-state index in [4.69, 9.17) is 4.74 Å². The molecular weight excluding hydrogens is 476 g/mol. The molecule has 0 saturated carbocycles. The van der Waals surface area contributed by atoms with Crippen molar-refractivity contribution in [2.45, 2.75) is 19.6 Å². The van der Waals surface area contributed by atoms with Crippen LogP contribution in [-0.2, 0) is 22.7 Å². The molecule has 6 rings (SSSR count). The van der Waals surface area contributed by atoms with Crippen molar-refractivity contribution in [2.24, 2.45) is 0 Å². The molecule has 0 saturated heterocycles. The van der Waals surface area contributed by atoms with Crippen LogP contribution in [0.25, 0.3) is 33.0 Å². The summed E-state index contributed by atoms with van der Waals surface area (Å²) in [5, 5.41) is 7.50. The number of aryl methyl sites for hydroxylation is 1. The minimum atomic E-state index is -0.389. The summed E-state index contributed by atoms with van der Waals surface area (Å²) in [6.45, 7) is 2.08. The van der Waals surface area contributed by atoms with Crippen molar-refractivity contribution in [1.29, 1.82) is 0 Å². The van der Waals surface area contributed by atoms with E-state index in [0.29, 0.717) is 29.1 Å². The quantitative estimate of drug-likeness (QED) is 0.197. The number of hydrogen-bond acceptors (Lipinski definition) is 4. The summed E-state index contributed by atoms with van der Waals surface area (Å²) in [5.74, 6) is -0.0722. The zero-order chi connectivity index (χ0) is 26.1.